The molecule has 0 saturated carbocycles. The van der Waals surface area contributed by atoms with E-state index < -0.39 is 0 Å². The van der Waals surface area contributed by atoms with E-state index in [0.717, 1.165) is 62.3 Å². The second-order valence-electron chi connectivity index (χ2n) is 7.08. The summed E-state index contributed by atoms with van der Waals surface area (Å²) in [5, 5.41) is 3.19. The molecule has 0 unspecified atom stereocenters. The molecule has 1 amide bonds. The topological polar surface area (TPSA) is 65.1 Å². The third kappa shape index (κ3) is 2.67. The van der Waals surface area contributed by atoms with Crippen LogP contribution in [0, 0.1) is 5.92 Å². The highest BCUT2D eigenvalue weighted by molar-refractivity contribution is 7.10. The lowest BCUT2D eigenvalue weighted by atomic mass is 9.94. The van der Waals surface area contributed by atoms with Crippen molar-refractivity contribution in [3.05, 3.63) is 40.5 Å². The Balaban J connectivity index is 1.26. The maximum atomic E-state index is 13.0. The van der Waals surface area contributed by atoms with E-state index in [1.165, 1.54) is 10.4 Å². The number of rotatable bonds is 2. The maximum absolute atomic E-state index is 13.0. The molecule has 0 spiro atoms. The number of thiophene rings is 1. The van der Waals surface area contributed by atoms with Crippen LogP contribution in [0.15, 0.2) is 30.0 Å². The zero-order valence-corrected chi connectivity index (χ0v) is 15.3. The Morgan fingerprint density at radius 1 is 1.19 bits per heavy atom. The number of anilines is 1. The number of aromatic amines is 1. The number of piperidine rings is 1. The summed E-state index contributed by atoms with van der Waals surface area (Å²) in [4.78, 5) is 30.7. The van der Waals surface area contributed by atoms with Crippen molar-refractivity contribution in [3.8, 4) is 0 Å². The van der Waals surface area contributed by atoms with Gasteiger partial charge in [-0.1, -0.05) is 0 Å². The molecule has 7 heteroatoms. The van der Waals surface area contributed by atoms with Crippen molar-refractivity contribution < 1.29 is 4.79 Å². The molecule has 1 saturated heterocycles. The van der Waals surface area contributed by atoms with Gasteiger partial charge in [0.05, 0.1) is 5.39 Å². The van der Waals surface area contributed by atoms with Crippen molar-refractivity contribution in [1.29, 1.82) is 0 Å². The first-order valence-corrected chi connectivity index (χ1v) is 10.0. The molecule has 0 radical (unpaired) electrons. The third-order valence-electron chi connectivity index (χ3n) is 5.60. The van der Waals surface area contributed by atoms with E-state index in [0.29, 0.717) is 5.91 Å². The molecule has 2 aliphatic rings. The fourth-order valence-electron chi connectivity index (χ4n) is 4.14. The van der Waals surface area contributed by atoms with Crippen LogP contribution < -0.4 is 4.90 Å². The van der Waals surface area contributed by atoms with E-state index in [4.69, 9.17) is 0 Å². The van der Waals surface area contributed by atoms with Crippen LogP contribution in [0.5, 0.6) is 0 Å². The minimum absolute atomic E-state index is 0.134. The average molecular weight is 367 g/mol. The zero-order valence-electron chi connectivity index (χ0n) is 14.5. The van der Waals surface area contributed by atoms with Gasteiger partial charge in [-0.15, -0.1) is 11.3 Å². The van der Waals surface area contributed by atoms with Gasteiger partial charge >= 0.3 is 0 Å². The van der Waals surface area contributed by atoms with Gasteiger partial charge in [-0.25, -0.2) is 9.97 Å². The maximum Gasteiger partial charge on any atom is 0.226 e. The van der Waals surface area contributed by atoms with Gasteiger partial charge in [-0.05, 0) is 42.3 Å². The van der Waals surface area contributed by atoms with E-state index >= 15 is 0 Å². The Morgan fingerprint density at radius 3 is 2.96 bits per heavy atom. The van der Waals surface area contributed by atoms with Gasteiger partial charge in [-0.2, -0.15) is 0 Å². The third-order valence-corrected chi connectivity index (χ3v) is 6.62. The molecule has 1 fully saturated rings. The van der Waals surface area contributed by atoms with Crippen LogP contribution in [0.25, 0.3) is 11.0 Å². The highest BCUT2D eigenvalue weighted by Gasteiger charge is 2.31. The largest absolute Gasteiger partial charge is 0.356 e. The van der Waals surface area contributed by atoms with Gasteiger partial charge in [0.25, 0.3) is 0 Å². The Kier molecular flexibility index (Phi) is 3.89. The molecule has 1 N–H and O–H groups in total. The first kappa shape index (κ1) is 15.8. The number of fused-ring (bicyclic) bond motifs is 2. The minimum atomic E-state index is 0.134. The second kappa shape index (κ2) is 6.39. The van der Waals surface area contributed by atoms with Crippen LogP contribution in [0.3, 0.4) is 0 Å². The number of hydrogen-bond acceptors (Lipinski definition) is 5. The van der Waals surface area contributed by atoms with Gasteiger partial charge in [-0.3, -0.25) is 4.79 Å². The molecular weight excluding hydrogens is 346 g/mol. The molecule has 3 aromatic rings. The molecule has 26 heavy (non-hydrogen) atoms. The van der Waals surface area contributed by atoms with Crippen molar-refractivity contribution in [1.82, 2.24) is 19.9 Å². The van der Waals surface area contributed by atoms with Crippen LogP contribution in [0.2, 0.25) is 0 Å². The van der Waals surface area contributed by atoms with Crippen molar-refractivity contribution in [2.45, 2.75) is 25.8 Å². The molecule has 5 rings (SSSR count). The predicted octanol–water partition coefficient (Wildman–Crippen LogP) is 2.82. The summed E-state index contributed by atoms with van der Waals surface area (Å²) in [6.45, 7) is 3.38. The van der Waals surface area contributed by atoms with Gasteiger partial charge in [0, 0.05) is 43.2 Å². The summed E-state index contributed by atoms with van der Waals surface area (Å²) >= 11 is 1.81. The van der Waals surface area contributed by atoms with Crippen molar-refractivity contribution in [3.63, 3.8) is 0 Å². The molecule has 134 valence electrons. The quantitative estimate of drug-likeness (QED) is 0.756. The molecule has 2 aliphatic heterocycles. The Morgan fingerprint density at radius 2 is 2.08 bits per heavy atom. The normalized spacial score (nSPS) is 18.3. The molecule has 0 aromatic carbocycles. The predicted molar refractivity (Wildman–Crippen MR) is 102 cm³/mol. The first-order chi connectivity index (χ1) is 12.8. The van der Waals surface area contributed by atoms with Crippen LogP contribution >= 0.6 is 11.3 Å². The smallest absolute Gasteiger partial charge is 0.226 e. The minimum Gasteiger partial charge on any atom is -0.356 e. The molecule has 0 bridgehead atoms. The van der Waals surface area contributed by atoms with Crippen molar-refractivity contribution in [2.75, 3.05) is 24.5 Å². The van der Waals surface area contributed by atoms with Gasteiger partial charge < -0.3 is 14.8 Å². The van der Waals surface area contributed by atoms with E-state index in [2.05, 4.69) is 36.2 Å². The van der Waals surface area contributed by atoms with Crippen molar-refractivity contribution >= 4 is 34.1 Å². The Bertz CT molecular complexity index is 940. The molecule has 5 heterocycles. The number of nitrogens with zero attached hydrogens (tertiary/aromatic N) is 4. The molecule has 6 nitrogen and oxygen atoms in total. The number of hydrogen-bond donors (Lipinski definition) is 1. The summed E-state index contributed by atoms with van der Waals surface area (Å²) in [7, 11) is 0. The van der Waals surface area contributed by atoms with Gasteiger partial charge in [0.15, 0.2) is 0 Å². The lowest BCUT2D eigenvalue weighted by molar-refractivity contribution is -0.137. The number of aromatic nitrogens is 3. The second-order valence-corrected chi connectivity index (χ2v) is 8.08. The Hall–Kier alpha value is -2.41. The molecular formula is C19H21N5OS. The summed E-state index contributed by atoms with van der Waals surface area (Å²) in [5.41, 5.74) is 2.20. The van der Waals surface area contributed by atoms with E-state index in [1.807, 2.05) is 23.6 Å². The molecule has 0 atom stereocenters. The average Bonchev–Trinajstić information content (AvgIpc) is 3.35. The van der Waals surface area contributed by atoms with Crippen LogP contribution in [-0.2, 0) is 17.8 Å². The highest BCUT2D eigenvalue weighted by Crippen LogP contribution is 2.30. The molecule has 0 aliphatic carbocycles. The number of amides is 1. The van der Waals surface area contributed by atoms with Crippen LogP contribution in [0.1, 0.15) is 23.3 Å². The summed E-state index contributed by atoms with van der Waals surface area (Å²) in [5.74, 6) is 1.44. The van der Waals surface area contributed by atoms with Crippen molar-refractivity contribution in [2.24, 2.45) is 5.92 Å². The van der Waals surface area contributed by atoms with E-state index in [1.54, 1.807) is 6.33 Å². The lowest BCUT2D eigenvalue weighted by Gasteiger charge is -2.36. The fraction of sp³-hybridized carbons (Fsp3) is 0.421. The number of H-pyrrole nitrogens is 1. The standard InChI is InChI=1S/C19H21N5OS/c25-19(24-9-4-16-14(11-24)5-10-26-16)13-2-7-23(8-3-13)18-15-1-6-20-17(15)21-12-22-18/h1,5-6,10,12-13H,2-4,7-9,11H2,(H,20,21,22). The van der Waals surface area contributed by atoms with Crippen LogP contribution in [0.4, 0.5) is 5.82 Å². The van der Waals surface area contributed by atoms with E-state index in [9.17, 15) is 4.79 Å². The Labute approximate surface area is 155 Å². The summed E-state index contributed by atoms with van der Waals surface area (Å²) < 4.78 is 0. The van der Waals surface area contributed by atoms with Gasteiger partial charge in [0.1, 0.15) is 17.8 Å². The van der Waals surface area contributed by atoms with Crippen LogP contribution in [-0.4, -0.2) is 45.4 Å². The monoisotopic (exact) mass is 367 g/mol. The highest BCUT2D eigenvalue weighted by atomic mass is 32.1. The number of carbonyl (C=O) groups excluding carboxylic acids is 1. The SMILES string of the molecule is O=C(C1CCN(c2ncnc3[nH]ccc23)CC1)N1CCc2sccc2C1. The van der Waals surface area contributed by atoms with E-state index in [-0.39, 0.29) is 5.92 Å². The summed E-state index contributed by atoms with van der Waals surface area (Å²) in [6.07, 6.45) is 6.29. The fourth-order valence-corrected chi connectivity index (χ4v) is 5.03. The molecule has 3 aromatic heterocycles. The van der Waals surface area contributed by atoms with Gasteiger partial charge in [0.2, 0.25) is 5.91 Å². The first-order valence-electron chi connectivity index (χ1n) is 9.16. The lowest BCUT2D eigenvalue weighted by Crippen LogP contribution is -2.44. The number of nitrogens with one attached hydrogen (secondary N) is 1. The number of carbonyl (C=O) groups is 1. The zero-order chi connectivity index (χ0) is 17.5. The summed E-state index contributed by atoms with van der Waals surface area (Å²) in [6, 6.07) is 4.19.